The second-order valence-corrected chi connectivity index (χ2v) is 13.0. The Morgan fingerprint density at radius 3 is 2.03 bits per heavy atom. The number of esters is 1. The summed E-state index contributed by atoms with van der Waals surface area (Å²) >= 11 is 0. The predicted octanol–water partition coefficient (Wildman–Crippen LogP) is 4.31. The molecule has 29 heavy (non-hydrogen) atoms. The highest BCUT2D eigenvalue weighted by molar-refractivity contribution is 6.72. The molecule has 6 heteroatoms. The molecule has 2 atom stereocenters. The van der Waals surface area contributed by atoms with Crippen molar-refractivity contribution in [3.05, 3.63) is 71.8 Å². The van der Waals surface area contributed by atoms with E-state index in [2.05, 4.69) is 5.32 Å². The molecule has 0 aliphatic carbocycles. The zero-order valence-corrected chi connectivity index (χ0v) is 18.8. The molecule has 2 N–H and O–H groups in total. The summed E-state index contributed by atoms with van der Waals surface area (Å²) in [4.78, 5) is 36.5. The van der Waals surface area contributed by atoms with Crippen LogP contribution in [0.1, 0.15) is 42.2 Å². The molecule has 156 valence electrons. The topological polar surface area (TPSA) is 75.6 Å². The van der Waals surface area contributed by atoms with E-state index in [1.807, 2.05) is 63.3 Å². The fourth-order valence-electron chi connectivity index (χ4n) is 3.18. The Morgan fingerprint density at radius 1 is 1.03 bits per heavy atom. The molecule has 2 aromatic rings. The van der Waals surface area contributed by atoms with Gasteiger partial charge in [0.2, 0.25) is 0 Å². The Labute approximate surface area is 174 Å². The van der Waals surface area contributed by atoms with Crippen LogP contribution in [0.25, 0.3) is 0 Å². The fourth-order valence-corrected chi connectivity index (χ4v) is 3.90. The summed E-state index contributed by atoms with van der Waals surface area (Å²) in [6.07, 6.45) is 0.393. The molecule has 0 bridgehead atoms. The van der Waals surface area contributed by atoms with Gasteiger partial charge < -0.3 is 14.8 Å². The third-order valence-corrected chi connectivity index (χ3v) is 9.29. The lowest BCUT2D eigenvalue weighted by Crippen LogP contribution is -2.44. The van der Waals surface area contributed by atoms with Gasteiger partial charge in [-0.25, -0.2) is 0 Å². The minimum Gasteiger partial charge on any atom is -0.469 e. The van der Waals surface area contributed by atoms with Crippen molar-refractivity contribution in [2.45, 2.75) is 44.4 Å². The molecular weight excluding hydrogens is 382 g/mol. The first-order chi connectivity index (χ1) is 13.6. The van der Waals surface area contributed by atoms with Crippen LogP contribution in [0.5, 0.6) is 0 Å². The van der Waals surface area contributed by atoms with Gasteiger partial charge in [0.05, 0.1) is 19.1 Å². The number of hydrogen-bond donors (Lipinski definition) is 2. The van der Waals surface area contributed by atoms with Crippen molar-refractivity contribution >= 4 is 20.2 Å². The van der Waals surface area contributed by atoms with Gasteiger partial charge in [0.25, 0.3) is 5.91 Å². The maximum Gasteiger partial charge on any atom is 0.311 e. The lowest BCUT2D eigenvalue weighted by molar-refractivity contribution is -0.147. The number of methoxy groups -OCH3 is 1. The van der Waals surface area contributed by atoms with Crippen LogP contribution in [0.2, 0.25) is 18.1 Å². The number of hydrogen-bond acceptors (Lipinski definition) is 4. The molecule has 5 nitrogen and oxygen atoms in total. The van der Waals surface area contributed by atoms with E-state index in [1.165, 1.54) is 7.11 Å². The Morgan fingerprint density at radius 2 is 1.55 bits per heavy atom. The summed E-state index contributed by atoms with van der Waals surface area (Å²) in [5, 5.41) is 2.57. The summed E-state index contributed by atoms with van der Waals surface area (Å²) in [7, 11) is -1.23. The quantitative estimate of drug-likeness (QED) is 0.499. The molecule has 0 unspecified atom stereocenters. The van der Waals surface area contributed by atoms with Crippen LogP contribution in [-0.4, -0.2) is 32.1 Å². The molecule has 0 spiro atoms. The Balaban J connectivity index is 2.45. The maximum absolute atomic E-state index is 12.9. The summed E-state index contributed by atoms with van der Waals surface area (Å²) in [6.45, 7) is 7.66. The first kappa shape index (κ1) is 22.8. The SMILES string of the molecule is COC(=O)[C@H](CC(C)(C)[Si](C)(C)O)[C@@H](NC(=O)c1ccccc1)c1ccccc1. The molecule has 2 rings (SSSR count). The summed E-state index contributed by atoms with van der Waals surface area (Å²) in [6, 6.07) is 17.8. The number of ether oxygens (including phenoxy) is 1. The molecule has 0 saturated carbocycles. The van der Waals surface area contributed by atoms with Crippen molar-refractivity contribution < 1.29 is 19.1 Å². The Bertz CT molecular complexity index is 816. The third kappa shape index (κ3) is 5.77. The number of carbonyl (C=O) groups is 2. The molecule has 0 heterocycles. The minimum absolute atomic E-state index is 0.258. The van der Waals surface area contributed by atoms with Crippen LogP contribution in [-0.2, 0) is 9.53 Å². The number of carbonyl (C=O) groups excluding carboxylic acids is 2. The number of benzene rings is 2. The maximum atomic E-state index is 12.9. The average Bonchev–Trinajstić information content (AvgIpc) is 2.70. The van der Waals surface area contributed by atoms with Gasteiger partial charge in [0.1, 0.15) is 0 Å². The van der Waals surface area contributed by atoms with E-state index in [-0.39, 0.29) is 5.91 Å². The van der Waals surface area contributed by atoms with Gasteiger partial charge in [-0.05, 0) is 42.2 Å². The van der Waals surface area contributed by atoms with Crippen LogP contribution >= 0.6 is 0 Å². The lowest BCUT2D eigenvalue weighted by Gasteiger charge is -2.39. The van der Waals surface area contributed by atoms with Crippen molar-refractivity contribution in [2.24, 2.45) is 5.92 Å². The van der Waals surface area contributed by atoms with Crippen LogP contribution in [0.3, 0.4) is 0 Å². The van der Waals surface area contributed by atoms with Gasteiger partial charge >= 0.3 is 5.97 Å². The molecule has 0 aliphatic rings. The van der Waals surface area contributed by atoms with E-state index < -0.39 is 31.3 Å². The van der Waals surface area contributed by atoms with Crippen molar-refractivity contribution in [3.63, 3.8) is 0 Å². The molecule has 0 radical (unpaired) electrons. The fraction of sp³-hybridized carbons (Fsp3) is 0.391. The van der Waals surface area contributed by atoms with Gasteiger partial charge in [-0.1, -0.05) is 62.4 Å². The van der Waals surface area contributed by atoms with Crippen molar-refractivity contribution in [2.75, 3.05) is 7.11 Å². The second-order valence-electron chi connectivity index (χ2n) is 8.50. The van der Waals surface area contributed by atoms with E-state index in [0.717, 1.165) is 5.56 Å². The highest BCUT2D eigenvalue weighted by Crippen LogP contribution is 2.44. The first-order valence-electron chi connectivity index (χ1n) is 9.78. The molecular formula is C23H31NO4Si. The van der Waals surface area contributed by atoms with Gasteiger partial charge in [0, 0.05) is 5.56 Å². The lowest BCUT2D eigenvalue weighted by atomic mass is 9.85. The zero-order valence-electron chi connectivity index (χ0n) is 17.8. The summed E-state index contributed by atoms with van der Waals surface area (Å²) in [5.74, 6) is -1.30. The minimum atomic E-state index is -2.58. The monoisotopic (exact) mass is 413 g/mol. The van der Waals surface area contributed by atoms with Crippen LogP contribution in [0.4, 0.5) is 0 Å². The standard InChI is InChI=1S/C23H31NO4Si/c1-23(2,29(4,5)27)16-19(22(26)28-3)20(17-12-8-6-9-13-17)24-21(25)18-14-10-7-11-15-18/h6-15,19-20,27H,16H2,1-5H3,(H,24,25)/t19-,20+/m1/s1. The highest BCUT2D eigenvalue weighted by atomic mass is 28.4. The predicted molar refractivity (Wildman–Crippen MR) is 117 cm³/mol. The van der Waals surface area contributed by atoms with Gasteiger partial charge in [-0.15, -0.1) is 0 Å². The average molecular weight is 414 g/mol. The van der Waals surface area contributed by atoms with Crippen molar-refractivity contribution in [1.29, 1.82) is 0 Å². The van der Waals surface area contributed by atoms with E-state index in [4.69, 9.17) is 4.74 Å². The summed E-state index contributed by atoms with van der Waals surface area (Å²) < 4.78 is 5.10. The molecule has 0 fully saturated rings. The van der Waals surface area contributed by atoms with Crippen molar-refractivity contribution in [1.82, 2.24) is 5.32 Å². The second kappa shape index (κ2) is 9.37. The first-order valence-corrected chi connectivity index (χ1v) is 12.7. The van der Waals surface area contributed by atoms with Gasteiger partial charge in [-0.3, -0.25) is 9.59 Å². The molecule has 2 aromatic carbocycles. The van der Waals surface area contributed by atoms with Gasteiger partial charge in [-0.2, -0.15) is 0 Å². The van der Waals surface area contributed by atoms with Crippen LogP contribution < -0.4 is 5.32 Å². The van der Waals surface area contributed by atoms with E-state index in [1.54, 1.807) is 24.3 Å². The molecule has 1 amide bonds. The third-order valence-electron chi connectivity index (χ3n) is 5.77. The number of rotatable bonds is 8. The molecule has 0 aromatic heterocycles. The van der Waals surface area contributed by atoms with Crippen LogP contribution in [0, 0.1) is 5.92 Å². The van der Waals surface area contributed by atoms with E-state index in [0.29, 0.717) is 12.0 Å². The van der Waals surface area contributed by atoms with Crippen molar-refractivity contribution in [3.8, 4) is 0 Å². The molecule has 0 saturated heterocycles. The van der Waals surface area contributed by atoms with E-state index in [9.17, 15) is 14.4 Å². The molecule has 0 aliphatic heterocycles. The Hall–Kier alpha value is -2.44. The normalized spacial score (nSPS) is 14.0. The zero-order chi connectivity index (χ0) is 21.7. The smallest absolute Gasteiger partial charge is 0.311 e. The largest absolute Gasteiger partial charge is 0.469 e. The van der Waals surface area contributed by atoms with Crippen LogP contribution in [0.15, 0.2) is 60.7 Å². The summed E-state index contributed by atoms with van der Waals surface area (Å²) in [5.41, 5.74) is 1.34. The number of amides is 1. The van der Waals surface area contributed by atoms with E-state index >= 15 is 0 Å². The number of nitrogens with one attached hydrogen (secondary N) is 1. The van der Waals surface area contributed by atoms with Gasteiger partial charge in [0.15, 0.2) is 8.32 Å². The Kier molecular flexibility index (Phi) is 7.38. The highest BCUT2D eigenvalue weighted by Gasteiger charge is 2.44.